The highest BCUT2D eigenvalue weighted by molar-refractivity contribution is 5.95. The van der Waals surface area contributed by atoms with E-state index >= 15 is 0 Å². The number of ether oxygens (including phenoxy) is 2. The molecule has 1 spiro atoms. The number of carbonyl (C=O) groups is 1. The highest BCUT2D eigenvalue weighted by Gasteiger charge is 2.48. The number of carbonyl (C=O) groups excluding carboxylic acids is 1. The zero-order valence-electron chi connectivity index (χ0n) is 17.1. The summed E-state index contributed by atoms with van der Waals surface area (Å²) in [6, 6.07) is 4.03. The summed E-state index contributed by atoms with van der Waals surface area (Å²) in [5.74, 6) is 0.306. The summed E-state index contributed by atoms with van der Waals surface area (Å²) in [4.78, 5) is 25.5. The maximum Gasteiger partial charge on any atom is 0.280 e. The van der Waals surface area contributed by atoms with Crippen molar-refractivity contribution in [3.05, 3.63) is 53.4 Å². The highest BCUT2D eigenvalue weighted by Crippen LogP contribution is 2.55. The van der Waals surface area contributed by atoms with Crippen LogP contribution in [-0.2, 0) is 11.2 Å². The molecule has 0 aromatic carbocycles. The van der Waals surface area contributed by atoms with Crippen LogP contribution in [0.1, 0.15) is 59.2 Å². The van der Waals surface area contributed by atoms with Crippen molar-refractivity contribution in [1.29, 1.82) is 0 Å². The van der Waals surface area contributed by atoms with Gasteiger partial charge in [0.1, 0.15) is 11.4 Å². The maximum atomic E-state index is 12.9. The number of hydrogen-bond acceptors (Lipinski definition) is 6. The predicted molar refractivity (Wildman–Crippen MR) is 107 cm³/mol. The normalized spacial score (nSPS) is 22.9. The molecule has 1 aliphatic carbocycles. The van der Waals surface area contributed by atoms with E-state index in [-0.39, 0.29) is 17.9 Å². The van der Waals surface area contributed by atoms with Crippen molar-refractivity contribution in [2.75, 3.05) is 20.3 Å². The molecule has 0 unspecified atom stereocenters. The van der Waals surface area contributed by atoms with Crippen LogP contribution in [0.4, 0.5) is 8.78 Å². The number of rotatable bonds is 6. The Morgan fingerprint density at radius 3 is 2.84 bits per heavy atom. The second kappa shape index (κ2) is 7.64. The lowest BCUT2D eigenvalue weighted by molar-refractivity contribution is 0.0706. The monoisotopic (exact) mass is 428 g/mol. The lowest BCUT2D eigenvalue weighted by Crippen LogP contribution is -2.36. The Morgan fingerprint density at radius 2 is 2.13 bits per heavy atom. The van der Waals surface area contributed by atoms with Crippen LogP contribution in [0, 0.1) is 5.41 Å². The van der Waals surface area contributed by atoms with E-state index < -0.39 is 12.1 Å². The molecule has 5 rings (SSSR count). The molecule has 1 aliphatic heterocycles. The fourth-order valence-corrected chi connectivity index (χ4v) is 4.61. The van der Waals surface area contributed by atoms with Gasteiger partial charge in [-0.05, 0) is 36.8 Å². The zero-order valence-corrected chi connectivity index (χ0v) is 17.1. The summed E-state index contributed by atoms with van der Waals surface area (Å²) < 4.78 is 38.6. The van der Waals surface area contributed by atoms with Crippen molar-refractivity contribution in [3.63, 3.8) is 0 Å². The van der Waals surface area contributed by atoms with E-state index in [1.54, 1.807) is 6.20 Å². The molecule has 31 heavy (non-hydrogen) atoms. The molecule has 0 amide bonds. The maximum absolute atomic E-state index is 12.9. The highest BCUT2D eigenvalue weighted by atomic mass is 19.3. The number of nitrogens with zero attached hydrogens (tertiary/aromatic N) is 4. The molecule has 0 radical (unpaired) electrons. The van der Waals surface area contributed by atoms with E-state index in [0.717, 1.165) is 38.2 Å². The molecule has 0 atom stereocenters. The number of imidazole rings is 1. The van der Waals surface area contributed by atoms with Crippen molar-refractivity contribution in [2.45, 2.75) is 38.0 Å². The Balaban J connectivity index is 1.38. The van der Waals surface area contributed by atoms with Gasteiger partial charge >= 0.3 is 0 Å². The smallest absolute Gasteiger partial charge is 0.280 e. The van der Waals surface area contributed by atoms with Crippen LogP contribution in [0.2, 0.25) is 0 Å². The van der Waals surface area contributed by atoms with E-state index in [2.05, 4.69) is 9.97 Å². The molecular formula is C22H22F2N4O3. The molecule has 4 heterocycles. The number of pyridine rings is 1. The minimum Gasteiger partial charge on any atom is -0.478 e. The Bertz CT molecular complexity index is 1130. The second-order valence-corrected chi connectivity index (χ2v) is 8.39. The number of halogens is 2. The Kier molecular flexibility index (Phi) is 4.92. The lowest BCUT2D eigenvalue weighted by Gasteiger charge is -2.43. The summed E-state index contributed by atoms with van der Waals surface area (Å²) in [5, 5.41) is 0. The number of fused-ring (bicyclic) bond motifs is 1. The van der Waals surface area contributed by atoms with E-state index in [0.29, 0.717) is 28.6 Å². The van der Waals surface area contributed by atoms with Gasteiger partial charge in [0.05, 0.1) is 31.5 Å². The first kappa shape index (κ1) is 20.0. The average molecular weight is 428 g/mol. The number of ketones is 1. The first-order chi connectivity index (χ1) is 15.0. The minimum atomic E-state index is -2.73. The number of Topliss-reactive ketones (excluding diaryl/α,β-unsaturated/α-hetero) is 1. The van der Waals surface area contributed by atoms with Gasteiger partial charge < -0.3 is 13.9 Å². The van der Waals surface area contributed by atoms with E-state index in [9.17, 15) is 13.6 Å². The van der Waals surface area contributed by atoms with Gasteiger partial charge in [0, 0.05) is 24.9 Å². The number of methoxy groups -OCH3 is 1. The van der Waals surface area contributed by atoms with Crippen LogP contribution >= 0.6 is 0 Å². The van der Waals surface area contributed by atoms with Crippen molar-refractivity contribution in [2.24, 2.45) is 5.41 Å². The van der Waals surface area contributed by atoms with Gasteiger partial charge in [0.15, 0.2) is 5.78 Å². The van der Waals surface area contributed by atoms with Crippen molar-refractivity contribution in [1.82, 2.24) is 19.4 Å². The molecule has 1 saturated carbocycles. The van der Waals surface area contributed by atoms with Gasteiger partial charge in [-0.1, -0.05) is 6.07 Å². The van der Waals surface area contributed by atoms with Gasteiger partial charge in [-0.3, -0.25) is 4.79 Å². The second-order valence-electron chi connectivity index (χ2n) is 8.39. The first-order valence-electron chi connectivity index (χ1n) is 10.2. The summed E-state index contributed by atoms with van der Waals surface area (Å²) in [6.45, 7) is 1.66. The van der Waals surface area contributed by atoms with Crippen LogP contribution in [0.5, 0.6) is 5.88 Å². The van der Waals surface area contributed by atoms with Gasteiger partial charge in [0.2, 0.25) is 5.65 Å². The number of alkyl halides is 2. The summed E-state index contributed by atoms with van der Waals surface area (Å²) >= 11 is 0. The number of aromatic nitrogens is 4. The Morgan fingerprint density at radius 1 is 1.29 bits per heavy atom. The van der Waals surface area contributed by atoms with Crippen LogP contribution in [0.15, 0.2) is 30.6 Å². The SMILES string of the molecule is COc1nc(CC(=O)c2cccc(C(F)F)n2)cn2cc(C3CC4(CCOC4)C3)nc12. The summed E-state index contributed by atoms with van der Waals surface area (Å²) in [5.41, 5.74) is 1.90. The first-order valence-corrected chi connectivity index (χ1v) is 10.2. The molecular weight excluding hydrogens is 406 g/mol. The van der Waals surface area contributed by atoms with Gasteiger partial charge in [-0.2, -0.15) is 0 Å². The Labute approximate surface area is 177 Å². The van der Waals surface area contributed by atoms with Gasteiger partial charge in [-0.25, -0.2) is 23.7 Å². The zero-order chi connectivity index (χ0) is 21.6. The topological polar surface area (TPSA) is 78.6 Å². The molecule has 2 fully saturated rings. The molecule has 0 N–H and O–H groups in total. The minimum absolute atomic E-state index is 0.0106. The van der Waals surface area contributed by atoms with Crippen molar-refractivity contribution >= 4 is 11.4 Å². The molecule has 1 saturated heterocycles. The molecule has 0 bridgehead atoms. The molecule has 9 heteroatoms. The average Bonchev–Trinajstić information content (AvgIpc) is 3.39. The molecule has 3 aromatic rings. The lowest BCUT2D eigenvalue weighted by atomic mass is 9.61. The predicted octanol–water partition coefficient (Wildman–Crippen LogP) is 3.78. The van der Waals surface area contributed by atoms with E-state index in [4.69, 9.17) is 14.5 Å². The Hall–Kier alpha value is -2.94. The van der Waals surface area contributed by atoms with Crippen LogP contribution in [-0.4, -0.2) is 45.5 Å². The van der Waals surface area contributed by atoms with E-state index in [1.165, 1.54) is 25.3 Å². The van der Waals surface area contributed by atoms with E-state index in [1.807, 2.05) is 10.6 Å². The fraction of sp³-hybridized carbons (Fsp3) is 0.455. The summed E-state index contributed by atoms with van der Waals surface area (Å²) in [6.07, 6.45) is 4.10. The largest absolute Gasteiger partial charge is 0.478 e. The van der Waals surface area contributed by atoms with Gasteiger partial charge in [0.25, 0.3) is 12.3 Å². The molecule has 3 aromatic heterocycles. The molecule has 2 aliphatic rings. The quantitative estimate of drug-likeness (QED) is 0.556. The van der Waals surface area contributed by atoms with Crippen LogP contribution < -0.4 is 4.74 Å². The third kappa shape index (κ3) is 3.67. The van der Waals surface area contributed by atoms with Crippen LogP contribution in [0.3, 0.4) is 0 Å². The third-order valence-corrected chi connectivity index (χ3v) is 6.25. The van der Waals surface area contributed by atoms with Crippen molar-refractivity contribution < 1.29 is 23.0 Å². The summed E-state index contributed by atoms with van der Waals surface area (Å²) in [7, 11) is 1.50. The standard InChI is InChI=1S/C22H22F2N4O3/c1-30-21-20-27-17(13-8-22(9-13)5-6-31-12-22)11-28(20)10-14(25-21)7-18(29)15-3-2-4-16(26-15)19(23)24/h2-4,10-11,13,19H,5-9,12H2,1H3. The number of hydrogen-bond donors (Lipinski definition) is 0. The van der Waals surface area contributed by atoms with Gasteiger partial charge in [-0.15, -0.1) is 0 Å². The molecule has 162 valence electrons. The fourth-order valence-electron chi connectivity index (χ4n) is 4.61. The molecule has 7 nitrogen and oxygen atoms in total. The van der Waals surface area contributed by atoms with Crippen LogP contribution in [0.25, 0.3) is 5.65 Å². The van der Waals surface area contributed by atoms with Crippen molar-refractivity contribution in [3.8, 4) is 5.88 Å². The third-order valence-electron chi connectivity index (χ3n) is 6.25.